The van der Waals surface area contributed by atoms with E-state index in [-0.39, 0.29) is 17.2 Å². The minimum atomic E-state index is -1.06. The third-order valence-electron chi connectivity index (χ3n) is 4.42. The molecule has 0 aliphatic heterocycles. The highest BCUT2D eigenvalue weighted by Gasteiger charge is 2.13. The molecule has 3 aromatic carbocycles. The molecule has 6 heteroatoms. The first-order valence-corrected chi connectivity index (χ1v) is 8.59. The fourth-order valence-electron chi connectivity index (χ4n) is 2.66. The second-order valence-electron chi connectivity index (χ2n) is 6.37. The number of anilines is 2. The van der Waals surface area contributed by atoms with E-state index in [1.807, 2.05) is 26.0 Å². The lowest BCUT2D eigenvalue weighted by Gasteiger charge is -2.11. The summed E-state index contributed by atoms with van der Waals surface area (Å²) in [7, 11) is 0. The summed E-state index contributed by atoms with van der Waals surface area (Å²) in [6, 6.07) is 14.8. The summed E-state index contributed by atoms with van der Waals surface area (Å²) in [4.78, 5) is 24.9. The highest BCUT2D eigenvalue weighted by Crippen LogP contribution is 2.19. The van der Waals surface area contributed by atoms with Crippen LogP contribution in [0.5, 0.6) is 0 Å². The summed E-state index contributed by atoms with van der Waals surface area (Å²) < 4.78 is 26.3. The lowest BCUT2D eigenvalue weighted by Crippen LogP contribution is -2.16. The average Bonchev–Trinajstić information content (AvgIpc) is 2.68. The van der Waals surface area contributed by atoms with Gasteiger partial charge in [0.1, 0.15) is 0 Å². The van der Waals surface area contributed by atoms with E-state index in [1.165, 1.54) is 18.2 Å². The predicted octanol–water partition coefficient (Wildman–Crippen LogP) is 5.09. The standard InChI is InChI=1S/C22H18F2N2O2/c1-13-5-3-8-20(14(13)2)26-22(28)16-7-4-6-15(11-16)21(27)25-17-9-10-18(23)19(24)12-17/h3-12H,1-2H3,(H,25,27)(H,26,28). The quantitative estimate of drug-likeness (QED) is 0.663. The molecule has 0 aromatic heterocycles. The molecule has 28 heavy (non-hydrogen) atoms. The molecular weight excluding hydrogens is 362 g/mol. The molecule has 2 N–H and O–H groups in total. The van der Waals surface area contributed by atoms with Crippen molar-refractivity contribution in [3.8, 4) is 0 Å². The van der Waals surface area contributed by atoms with Gasteiger partial charge in [-0.3, -0.25) is 9.59 Å². The second kappa shape index (κ2) is 8.00. The Bertz CT molecular complexity index is 1060. The third-order valence-corrected chi connectivity index (χ3v) is 4.42. The van der Waals surface area contributed by atoms with Gasteiger partial charge in [-0.15, -0.1) is 0 Å². The number of benzene rings is 3. The van der Waals surface area contributed by atoms with E-state index in [2.05, 4.69) is 10.6 Å². The van der Waals surface area contributed by atoms with Gasteiger partial charge >= 0.3 is 0 Å². The normalized spacial score (nSPS) is 10.4. The number of halogens is 2. The van der Waals surface area contributed by atoms with Crippen molar-refractivity contribution in [2.45, 2.75) is 13.8 Å². The molecule has 0 saturated carbocycles. The van der Waals surface area contributed by atoms with Crippen molar-refractivity contribution in [2.24, 2.45) is 0 Å². The van der Waals surface area contributed by atoms with Crippen LogP contribution < -0.4 is 10.6 Å². The molecule has 0 aliphatic rings. The number of aryl methyl sites for hydroxylation is 1. The SMILES string of the molecule is Cc1cccc(NC(=O)c2cccc(C(=O)Nc3ccc(F)c(F)c3)c2)c1C. The molecule has 0 bridgehead atoms. The van der Waals surface area contributed by atoms with E-state index < -0.39 is 17.5 Å². The highest BCUT2D eigenvalue weighted by molar-refractivity contribution is 6.08. The molecule has 0 fully saturated rings. The number of amides is 2. The van der Waals surface area contributed by atoms with Gasteiger partial charge in [0.25, 0.3) is 11.8 Å². The lowest BCUT2D eigenvalue weighted by molar-refractivity contribution is 0.102. The topological polar surface area (TPSA) is 58.2 Å². The van der Waals surface area contributed by atoms with E-state index in [9.17, 15) is 18.4 Å². The zero-order chi connectivity index (χ0) is 20.3. The Labute approximate surface area is 161 Å². The molecule has 0 spiro atoms. The number of hydrogen-bond donors (Lipinski definition) is 2. The van der Waals surface area contributed by atoms with E-state index in [0.29, 0.717) is 11.3 Å². The first-order chi connectivity index (χ1) is 13.3. The molecular formula is C22H18F2N2O2. The van der Waals surface area contributed by atoms with Gasteiger partial charge in [-0.1, -0.05) is 18.2 Å². The molecule has 142 valence electrons. The summed E-state index contributed by atoms with van der Waals surface area (Å²) in [5.74, 6) is -2.94. The van der Waals surface area contributed by atoms with Crippen molar-refractivity contribution >= 4 is 23.2 Å². The third kappa shape index (κ3) is 4.23. The van der Waals surface area contributed by atoms with Crippen LogP contribution in [0.25, 0.3) is 0 Å². The molecule has 0 atom stereocenters. The van der Waals surface area contributed by atoms with Gasteiger partial charge in [0.05, 0.1) is 0 Å². The van der Waals surface area contributed by atoms with Gasteiger partial charge < -0.3 is 10.6 Å². The van der Waals surface area contributed by atoms with Crippen molar-refractivity contribution in [3.05, 3.63) is 94.6 Å². The van der Waals surface area contributed by atoms with Crippen LogP contribution in [0.1, 0.15) is 31.8 Å². The van der Waals surface area contributed by atoms with Gasteiger partial charge in [-0.05, 0) is 61.4 Å². The minimum Gasteiger partial charge on any atom is -0.322 e. The van der Waals surface area contributed by atoms with E-state index in [0.717, 1.165) is 23.3 Å². The van der Waals surface area contributed by atoms with Crippen LogP contribution in [0, 0.1) is 25.5 Å². The van der Waals surface area contributed by atoms with Gasteiger partial charge in [0, 0.05) is 28.6 Å². The zero-order valence-corrected chi connectivity index (χ0v) is 15.3. The fourth-order valence-corrected chi connectivity index (χ4v) is 2.66. The Hall–Kier alpha value is -3.54. The number of carbonyl (C=O) groups is 2. The van der Waals surface area contributed by atoms with E-state index >= 15 is 0 Å². The van der Waals surface area contributed by atoms with E-state index in [1.54, 1.807) is 18.2 Å². The van der Waals surface area contributed by atoms with Crippen LogP contribution >= 0.6 is 0 Å². The van der Waals surface area contributed by atoms with Crippen molar-refractivity contribution in [3.63, 3.8) is 0 Å². The molecule has 2 amide bonds. The van der Waals surface area contributed by atoms with Crippen LogP contribution in [-0.4, -0.2) is 11.8 Å². The van der Waals surface area contributed by atoms with Crippen LogP contribution in [0.3, 0.4) is 0 Å². The molecule has 0 radical (unpaired) electrons. The Morgan fingerprint density at radius 3 is 2.07 bits per heavy atom. The Kier molecular flexibility index (Phi) is 5.49. The van der Waals surface area contributed by atoms with E-state index in [4.69, 9.17) is 0 Å². The maximum absolute atomic E-state index is 13.3. The van der Waals surface area contributed by atoms with Crippen LogP contribution in [0.4, 0.5) is 20.2 Å². The molecule has 0 heterocycles. The average molecular weight is 380 g/mol. The molecule has 0 saturated heterocycles. The number of carbonyl (C=O) groups excluding carboxylic acids is 2. The first-order valence-electron chi connectivity index (χ1n) is 8.59. The summed E-state index contributed by atoms with van der Waals surface area (Å²) in [6.45, 7) is 3.87. The summed E-state index contributed by atoms with van der Waals surface area (Å²) in [5.41, 5.74) is 3.36. The monoisotopic (exact) mass is 380 g/mol. The summed E-state index contributed by atoms with van der Waals surface area (Å²) in [6.07, 6.45) is 0. The summed E-state index contributed by atoms with van der Waals surface area (Å²) >= 11 is 0. The number of rotatable bonds is 4. The number of hydrogen-bond acceptors (Lipinski definition) is 2. The zero-order valence-electron chi connectivity index (χ0n) is 15.3. The largest absolute Gasteiger partial charge is 0.322 e. The van der Waals surface area contributed by atoms with Gasteiger partial charge in [-0.2, -0.15) is 0 Å². The molecule has 3 rings (SSSR count). The highest BCUT2D eigenvalue weighted by atomic mass is 19.2. The van der Waals surface area contributed by atoms with Crippen LogP contribution in [0.15, 0.2) is 60.7 Å². The Morgan fingerprint density at radius 1 is 0.750 bits per heavy atom. The molecule has 3 aromatic rings. The first kappa shape index (κ1) is 19.2. The maximum atomic E-state index is 13.3. The lowest BCUT2D eigenvalue weighted by atomic mass is 10.1. The van der Waals surface area contributed by atoms with Crippen LogP contribution in [-0.2, 0) is 0 Å². The van der Waals surface area contributed by atoms with Gasteiger partial charge in [0.2, 0.25) is 0 Å². The fraction of sp³-hybridized carbons (Fsp3) is 0.0909. The minimum absolute atomic E-state index is 0.120. The Balaban J connectivity index is 1.77. The van der Waals surface area contributed by atoms with Crippen molar-refractivity contribution in [1.29, 1.82) is 0 Å². The van der Waals surface area contributed by atoms with Crippen molar-refractivity contribution in [1.82, 2.24) is 0 Å². The van der Waals surface area contributed by atoms with Gasteiger partial charge in [0.15, 0.2) is 11.6 Å². The van der Waals surface area contributed by atoms with Crippen LogP contribution in [0.2, 0.25) is 0 Å². The maximum Gasteiger partial charge on any atom is 0.255 e. The smallest absolute Gasteiger partial charge is 0.255 e. The molecule has 0 unspecified atom stereocenters. The Morgan fingerprint density at radius 2 is 1.39 bits per heavy atom. The summed E-state index contributed by atoms with van der Waals surface area (Å²) in [5, 5.41) is 5.32. The van der Waals surface area contributed by atoms with Crippen molar-refractivity contribution in [2.75, 3.05) is 10.6 Å². The second-order valence-corrected chi connectivity index (χ2v) is 6.37. The predicted molar refractivity (Wildman–Crippen MR) is 105 cm³/mol. The number of nitrogens with one attached hydrogen (secondary N) is 2. The van der Waals surface area contributed by atoms with Gasteiger partial charge in [-0.25, -0.2) is 8.78 Å². The molecule has 4 nitrogen and oxygen atoms in total. The van der Waals surface area contributed by atoms with Crippen molar-refractivity contribution < 1.29 is 18.4 Å². The molecule has 0 aliphatic carbocycles.